The van der Waals surface area contributed by atoms with E-state index in [1.165, 1.54) is 32.4 Å². The van der Waals surface area contributed by atoms with E-state index in [-0.39, 0.29) is 0 Å². The van der Waals surface area contributed by atoms with Gasteiger partial charge in [0, 0.05) is 26.2 Å². The molecular formula is C11H25N3. The van der Waals surface area contributed by atoms with Crippen molar-refractivity contribution in [1.82, 2.24) is 15.3 Å². The van der Waals surface area contributed by atoms with Gasteiger partial charge in [-0.1, -0.05) is 0 Å². The van der Waals surface area contributed by atoms with Gasteiger partial charge in [0.1, 0.15) is 0 Å². The summed E-state index contributed by atoms with van der Waals surface area (Å²) in [5, 5.41) is 2.08. The van der Waals surface area contributed by atoms with Gasteiger partial charge in [-0.15, -0.1) is 0 Å². The van der Waals surface area contributed by atoms with Crippen LogP contribution in [-0.4, -0.2) is 49.2 Å². The monoisotopic (exact) mass is 199 g/mol. The van der Waals surface area contributed by atoms with Crippen molar-refractivity contribution in [3.05, 3.63) is 0 Å². The Kier molecular flexibility index (Phi) is 4.85. The molecule has 84 valence electrons. The molecule has 0 aromatic rings. The Hall–Kier alpha value is -0.120. The van der Waals surface area contributed by atoms with Crippen LogP contribution in [0.4, 0.5) is 0 Å². The van der Waals surface area contributed by atoms with Crippen molar-refractivity contribution >= 4 is 0 Å². The maximum absolute atomic E-state index is 3.49. The molecule has 1 fully saturated rings. The highest BCUT2D eigenvalue weighted by Crippen LogP contribution is 2.13. The number of hydrazine groups is 1. The lowest BCUT2D eigenvalue weighted by molar-refractivity contribution is 0.209. The van der Waals surface area contributed by atoms with E-state index in [9.17, 15) is 0 Å². The van der Waals surface area contributed by atoms with Crippen LogP contribution in [0.2, 0.25) is 0 Å². The summed E-state index contributed by atoms with van der Waals surface area (Å²) in [4.78, 5) is 2.58. The second-order valence-electron chi connectivity index (χ2n) is 4.78. The van der Waals surface area contributed by atoms with Crippen LogP contribution < -0.4 is 5.43 Å². The lowest BCUT2D eigenvalue weighted by Crippen LogP contribution is -2.40. The van der Waals surface area contributed by atoms with Gasteiger partial charge in [0.05, 0.1) is 0 Å². The molecule has 3 heteroatoms. The fourth-order valence-electron chi connectivity index (χ4n) is 2.13. The predicted octanol–water partition coefficient (Wildman–Crippen LogP) is 1.32. The Bertz CT molecular complexity index is 157. The van der Waals surface area contributed by atoms with Crippen molar-refractivity contribution in [2.45, 2.75) is 45.2 Å². The predicted molar refractivity (Wildman–Crippen MR) is 61.2 cm³/mol. The lowest BCUT2D eigenvalue weighted by atomic mass is 10.1. The third kappa shape index (κ3) is 3.95. The van der Waals surface area contributed by atoms with Gasteiger partial charge in [-0.2, -0.15) is 0 Å². The van der Waals surface area contributed by atoms with Crippen LogP contribution >= 0.6 is 0 Å². The zero-order valence-electron chi connectivity index (χ0n) is 10.1. The lowest BCUT2D eigenvalue weighted by Gasteiger charge is -2.25. The highest BCUT2D eigenvalue weighted by Gasteiger charge is 2.18. The molecule has 0 radical (unpaired) electrons. The van der Waals surface area contributed by atoms with E-state index >= 15 is 0 Å². The summed E-state index contributed by atoms with van der Waals surface area (Å²) in [6, 6.07) is 1.38. The van der Waals surface area contributed by atoms with E-state index < -0.39 is 0 Å². The van der Waals surface area contributed by atoms with Crippen LogP contribution in [-0.2, 0) is 0 Å². The molecule has 1 aliphatic rings. The van der Waals surface area contributed by atoms with E-state index in [1.807, 2.05) is 0 Å². The first-order chi connectivity index (χ1) is 6.59. The molecule has 0 bridgehead atoms. The molecule has 0 saturated carbocycles. The van der Waals surface area contributed by atoms with Gasteiger partial charge in [0.2, 0.25) is 0 Å². The maximum Gasteiger partial charge on any atom is 0.0227 e. The van der Waals surface area contributed by atoms with Gasteiger partial charge in [-0.05, 0) is 46.2 Å². The van der Waals surface area contributed by atoms with Crippen LogP contribution in [0.1, 0.15) is 33.1 Å². The first-order valence-corrected chi connectivity index (χ1v) is 5.77. The van der Waals surface area contributed by atoms with E-state index in [2.05, 4.69) is 43.3 Å². The molecule has 1 unspecified atom stereocenters. The summed E-state index contributed by atoms with van der Waals surface area (Å²) in [5.41, 5.74) is 3.49. The fraction of sp³-hybridized carbons (Fsp3) is 1.00. The molecule has 0 spiro atoms. The molecule has 0 aromatic heterocycles. The number of hydrogen-bond acceptors (Lipinski definition) is 3. The maximum atomic E-state index is 3.49. The molecular weight excluding hydrogens is 174 g/mol. The molecule has 1 saturated heterocycles. The zero-order valence-corrected chi connectivity index (χ0v) is 10.1. The largest absolute Gasteiger partial charge is 0.301 e. The molecule has 1 N–H and O–H groups in total. The summed E-state index contributed by atoms with van der Waals surface area (Å²) in [5.74, 6) is 0. The minimum absolute atomic E-state index is 0.675. The van der Waals surface area contributed by atoms with Gasteiger partial charge in [-0.25, -0.2) is 0 Å². The zero-order chi connectivity index (χ0) is 10.6. The van der Waals surface area contributed by atoms with Gasteiger partial charge < -0.3 is 4.90 Å². The van der Waals surface area contributed by atoms with Crippen molar-refractivity contribution in [3.8, 4) is 0 Å². The second-order valence-corrected chi connectivity index (χ2v) is 4.78. The number of hydrogen-bond donors (Lipinski definition) is 1. The Morgan fingerprint density at radius 3 is 2.50 bits per heavy atom. The van der Waals surface area contributed by atoms with E-state index in [0.29, 0.717) is 12.1 Å². The Morgan fingerprint density at radius 2 is 1.93 bits per heavy atom. The molecule has 0 amide bonds. The van der Waals surface area contributed by atoms with Gasteiger partial charge >= 0.3 is 0 Å². The Balaban J connectivity index is 2.33. The molecule has 0 aliphatic carbocycles. The van der Waals surface area contributed by atoms with Gasteiger partial charge in [0.25, 0.3) is 0 Å². The smallest absolute Gasteiger partial charge is 0.0227 e. The van der Waals surface area contributed by atoms with E-state index in [1.54, 1.807) is 0 Å². The van der Waals surface area contributed by atoms with Crippen molar-refractivity contribution in [2.24, 2.45) is 0 Å². The summed E-state index contributed by atoms with van der Waals surface area (Å²) in [6.45, 7) is 7.09. The molecule has 1 aliphatic heterocycles. The SMILES string of the molecule is CC(C)N1CCCC(NN(C)C)CC1. The average Bonchev–Trinajstić information content (AvgIpc) is 2.28. The van der Waals surface area contributed by atoms with Crippen LogP contribution in [0.3, 0.4) is 0 Å². The third-order valence-corrected chi connectivity index (χ3v) is 2.93. The van der Waals surface area contributed by atoms with Crippen molar-refractivity contribution in [1.29, 1.82) is 0 Å². The van der Waals surface area contributed by atoms with Crippen molar-refractivity contribution in [3.63, 3.8) is 0 Å². The first-order valence-electron chi connectivity index (χ1n) is 5.77. The molecule has 1 atom stereocenters. The number of nitrogens with one attached hydrogen (secondary N) is 1. The molecule has 3 nitrogen and oxygen atoms in total. The minimum Gasteiger partial charge on any atom is -0.301 e. The summed E-state index contributed by atoms with van der Waals surface area (Å²) >= 11 is 0. The Labute approximate surface area is 88.4 Å². The van der Waals surface area contributed by atoms with E-state index in [0.717, 1.165) is 0 Å². The summed E-state index contributed by atoms with van der Waals surface area (Å²) in [7, 11) is 4.15. The van der Waals surface area contributed by atoms with Crippen molar-refractivity contribution in [2.75, 3.05) is 27.2 Å². The molecule has 0 aromatic carbocycles. The average molecular weight is 199 g/mol. The summed E-state index contributed by atoms with van der Waals surface area (Å²) < 4.78 is 0. The first kappa shape index (κ1) is 12.0. The normalized spacial score (nSPS) is 25.7. The Morgan fingerprint density at radius 1 is 1.21 bits per heavy atom. The van der Waals surface area contributed by atoms with Crippen LogP contribution in [0.15, 0.2) is 0 Å². The summed E-state index contributed by atoms with van der Waals surface area (Å²) in [6.07, 6.45) is 3.90. The fourth-order valence-corrected chi connectivity index (χ4v) is 2.13. The molecule has 1 heterocycles. The molecule has 1 rings (SSSR count). The van der Waals surface area contributed by atoms with Crippen LogP contribution in [0.5, 0.6) is 0 Å². The highest BCUT2D eigenvalue weighted by atomic mass is 15.5. The second kappa shape index (κ2) is 5.69. The quantitative estimate of drug-likeness (QED) is 0.692. The number of nitrogens with zero attached hydrogens (tertiary/aromatic N) is 2. The third-order valence-electron chi connectivity index (χ3n) is 2.93. The van der Waals surface area contributed by atoms with E-state index in [4.69, 9.17) is 0 Å². The standard InChI is InChI=1S/C11H25N3/c1-10(2)14-8-5-6-11(7-9-14)12-13(3)4/h10-12H,5-9H2,1-4H3. The van der Waals surface area contributed by atoms with Crippen LogP contribution in [0, 0.1) is 0 Å². The van der Waals surface area contributed by atoms with Crippen molar-refractivity contribution < 1.29 is 0 Å². The van der Waals surface area contributed by atoms with Gasteiger partial charge in [-0.3, -0.25) is 10.4 Å². The minimum atomic E-state index is 0.675. The topological polar surface area (TPSA) is 18.5 Å². The van der Waals surface area contributed by atoms with Gasteiger partial charge in [0.15, 0.2) is 0 Å². The number of likely N-dealkylation sites (tertiary alicyclic amines) is 1. The molecule has 14 heavy (non-hydrogen) atoms. The van der Waals surface area contributed by atoms with Crippen LogP contribution in [0.25, 0.3) is 0 Å². The highest BCUT2D eigenvalue weighted by molar-refractivity contribution is 4.75. The number of rotatable bonds is 3.